The topological polar surface area (TPSA) is 247 Å². The molecule has 0 radical (unpaired) electrons. The van der Waals surface area contributed by atoms with Crippen LogP contribution in [0.3, 0.4) is 0 Å². The molecule has 0 aliphatic carbocycles. The molecule has 16 nitrogen and oxygen atoms in total. The largest absolute Gasteiger partial charge is 0.490 e. The fourth-order valence-electron chi connectivity index (χ4n) is 2.04. The van der Waals surface area contributed by atoms with Crippen molar-refractivity contribution in [2.75, 3.05) is 6.61 Å². The summed E-state index contributed by atoms with van der Waals surface area (Å²) in [4.78, 5) is 48.5. The number of phosphoric acid groups is 3. The van der Waals surface area contributed by atoms with Crippen molar-refractivity contribution in [3.8, 4) is 0 Å². The minimum Gasteiger partial charge on any atom is -0.385 e. The summed E-state index contributed by atoms with van der Waals surface area (Å²) in [5.41, 5.74) is -0.725. The number of aromatic nitrogens is 2. The minimum atomic E-state index is -5.90. The third-order valence-electron chi connectivity index (χ3n) is 3.17. The lowest BCUT2D eigenvalue weighted by atomic mass is 10.1. The summed E-state index contributed by atoms with van der Waals surface area (Å²) >= 11 is 4.76. The Morgan fingerprint density at radius 1 is 1.27 bits per heavy atom. The van der Waals surface area contributed by atoms with Gasteiger partial charge in [0.25, 0.3) is 11.4 Å². The molecule has 1 aliphatic heterocycles. The molecular weight excluding hydrogens is 504 g/mol. The highest BCUT2D eigenvalue weighted by atomic mass is 32.1. The summed E-state index contributed by atoms with van der Waals surface area (Å²) < 4.78 is 72.1. The maximum Gasteiger partial charge on any atom is 0.490 e. The number of aliphatic hydroxyl groups is 2. The van der Waals surface area contributed by atoms with Gasteiger partial charge in [0.2, 0.25) is 0 Å². The molecule has 1 fully saturated rings. The monoisotopic (exact) mass is 519 g/mol. The van der Waals surface area contributed by atoms with Crippen LogP contribution >= 0.6 is 35.7 Å². The average molecular weight is 519 g/mol. The zero-order valence-corrected chi connectivity index (χ0v) is 17.5. The van der Waals surface area contributed by atoms with Crippen LogP contribution in [0.1, 0.15) is 7.57 Å². The molecule has 0 aromatic carbocycles. The van der Waals surface area contributed by atoms with E-state index in [4.69, 9.17) is 28.3 Å². The van der Waals surface area contributed by atoms with Crippen LogP contribution in [0.25, 0.3) is 0 Å². The smallest absolute Gasteiger partial charge is 0.385 e. The van der Waals surface area contributed by atoms with Crippen LogP contribution in [0.15, 0.2) is 17.1 Å². The summed E-state index contributed by atoms with van der Waals surface area (Å²) in [7, 11) is -17.4. The van der Waals surface area contributed by atoms with Crippen molar-refractivity contribution in [2.45, 2.75) is 24.3 Å². The van der Waals surface area contributed by atoms with E-state index in [1.54, 1.807) is 0 Å². The molecule has 2 unspecified atom stereocenters. The molecule has 0 bridgehead atoms. The van der Waals surface area contributed by atoms with Gasteiger partial charge in [0, 0.05) is 12.3 Å². The zero-order chi connectivity index (χ0) is 24.0. The van der Waals surface area contributed by atoms with Gasteiger partial charge in [0.15, 0.2) is 11.0 Å². The summed E-state index contributed by atoms with van der Waals surface area (Å²) in [6.07, 6.45) is -7.15. The second-order valence-corrected chi connectivity index (χ2v) is 10.3. The number of H-pyrrole nitrogens is 1. The van der Waals surface area contributed by atoms with Gasteiger partial charge in [0.05, 0.1) is 1.37 Å². The SMILES string of the molecule is [2H][C@@]1(n2ccc(=O)[nH]c2=S)O[C@](F)(COP(=O)(O)OP(=O)(O)OP(=O)(O)O)[C@@H](O)[C@H]1O. The lowest BCUT2D eigenvalue weighted by molar-refractivity contribution is -0.204. The van der Waals surface area contributed by atoms with E-state index in [-0.39, 0.29) is 0 Å². The number of aliphatic hydroxyl groups excluding tert-OH is 2. The Balaban J connectivity index is 2.22. The van der Waals surface area contributed by atoms with Crippen LogP contribution in [0, 0.1) is 4.77 Å². The van der Waals surface area contributed by atoms with E-state index in [0.29, 0.717) is 4.57 Å². The van der Waals surface area contributed by atoms with Gasteiger partial charge in [-0.25, -0.2) is 18.1 Å². The number of alkyl halides is 1. The van der Waals surface area contributed by atoms with Gasteiger partial charge in [0.1, 0.15) is 18.8 Å². The molecule has 7 N–H and O–H groups in total. The van der Waals surface area contributed by atoms with Crippen LogP contribution in [0.2, 0.25) is 0 Å². The van der Waals surface area contributed by atoms with Crippen molar-refractivity contribution in [3.63, 3.8) is 0 Å². The van der Waals surface area contributed by atoms with Crippen LogP contribution in [-0.2, 0) is 31.6 Å². The highest BCUT2D eigenvalue weighted by Crippen LogP contribution is 2.66. The first kappa shape index (κ1) is 24.0. The van der Waals surface area contributed by atoms with Gasteiger partial charge in [-0.1, -0.05) is 0 Å². The highest BCUT2D eigenvalue weighted by Gasteiger charge is 2.57. The van der Waals surface area contributed by atoms with Gasteiger partial charge in [-0.15, -0.1) is 0 Å². The number of aromatic amines is 1. The van der Waals surface area contributed by atoms with Crippen molar-refractivity contribution in [1.82, 2.24) is 9.55 Å². The Bertz CT molecular complexity index is 1110. The predicted molar refractivity (Wildman–Crippen MR) is 91.7 cm³/mol. The Morgan fingerprint density at radius 2 is 1.87 bits per heavy atom. The van der Waals surface area contributed by atoms with E-state index >= 15 is 4.39 Å². The number of ether oxygens (including phenoxy) is 1. The molecule has 21 heteroatoms. The number of nitrogens with one attached hydrogen (secondary N) is 1. The fraction of sp³-hybridized carbons (Fsp3) is 0.556. The fourth-order valence-corrected chi connectivity index (χ4v) is 5.32. The summed E-state index contributed by atoms with van der Waals surface area (Å²) in [6, 6.07) is 0.818. The summed E-state index contributed by atoms with van der Waals surface area (Å²) in [6.45, 7) is -1.81. The molecule has 6 atom stereocenters. The van der Waals surface area contributed by atoms with E-state index in [1.807, 2.05) is 4.98 Å². The number of hydrogen-bond acceptors (Lipinski definition) is 11. The van der Waals surface area contributed by atoms with Crippen LogP contribution < -0.4 is 5.56 Å². The summed E-state index contributed by atoms with van der Waals surface area (Å²) in [5, 5.41) is 20.0. The van der Waals surface area contributed by atoms with E-state index < -0.39 is 64.7 Å². The number of rotatable bonds is 8. The maximum atomic E-state index is 15.0. The van der Waals surface area contributed by atoms with Crippen molar-refractivity contribution in [2.24, 2.45) is 0 Å². The van der Waals surface area contributed by atoms with E-state index in [1.165, 1.54) is 0 Å². The van der Waals surface area contributed by atoms with E-state index in [9.17, 15) is 33.6 Å². The van der Waals surface area contributed by atoms with Gasteiger partial charge in [-0.2, -0.15) is 8.62 Å². The minimum absolute atomic E-state index is 0.532. The van der Waals surface area contributed by atoms with E-state index in [2.05, 4.69) is 17.9 Å². The number of halogens is 1. The van der Waals surface area contributed by atoms with Crippen molar-refractivity contribution in [1.29, 1.82) is 0 Å². The van der Waals surface area contributed by atoms with Crippen molar-refractivity contribution in [3.05, 3.63) is 27.4 Å². The first-order valence-corrected chi connectivity index (χ1v) is 12.1. The van der Waals surface area contributed by atoms with Crippen LogP contribution in [-0.4, -0.2) is 64.0 Å². The van der Waals surface area contributed by atoms with Gasteiger partial charge >= 0.3 is 23.5 Å². The second-order valence-electron chi connectivity index (χ2n) is 5.46. The zero-order valence-electron chi connectivity index (χ0n) is 15.0. The normalized spacial score (nSPS) is 34.2. The number of nitrogens with zero attached hydrogens (tertiary/aromatic N) is 1. The van der Waals surface area contributed by atoms with Crippen molar-refractivity contribution >= 4 is 35.7 Å². The van der Waals surface area contributed by atoms with Gasteiger partial charge in [-0.3, -0.25) is 18.9 Å². The highest BCUT2D eigenvalue weighted by molar-refractivity contribution is 7.71. The van der Waals surface area contributed by atoms with Crippen molar-refractivity contribution < 1.29 is 67.1 Å². The van der Waals surface area contributed by atoms with E-state index in [0.717, 1.165) is 12.3 Å². The predicted octanol–water partition coefficient (Wildman–Crippen LogP) is -0.834. The second kappa shape index (κ2) is 8.69. The lowest BCUT2D eigenvalue weighted by Crippen LogP contribution is -2.42. The molecule has 1 saturated heterocycles. The first-order chi connectivity index (χ1) is 13.8. The molecule has 1 aromatic heterocycles. The van der Waals surface area contributed by atoms with Crippen LogP contribution in [0.5, 0.6) is 0 Å². The molecule has 1 aromatic rings. The molecule has 1 aliphatic rings. The molecule has 172 valence electrons. The third kappa shape index (κ3) is 6.41. The Morgan fingerprint density at radius 3 is 2.40 bits per heavy atom. The Labute approximate surface area is 171 Å². The molecule has 0 spiro atoms. The lowest BCUT2D eigenvalue weighted by Gasteiger charge is -2.24. The number of hydrogen-bond donors (Lipinski definition) is 7. The standard InChI is InChI=1S/C9H14FN2O14P3S/c10-9(3-23-28(19,20)26-29(21,22)25-27(16,17)18)6(15)5(14)7(24-9)12-2-1-4(13)11-8(12)30/h1-2,5-7,14-15H,3H2,(H,19,20)(H,21,22)(H,11,13,30)(H2,16,17,18)/t5-,6+,7-,9-/m1/s1/i7D. The first-order valence-electron chi connectivity index (χ1n) is 7.66. The summed E-state index contributed by atoms with van der Waals surface area (Å²) in [5.74, 6) is -3.63. The Kier molecular flexibility index (Phi) is 6.94. The molecule has 0 amide bonds. The molecule has 30 heavy (non-hydrogen) atoms. The molecule has 2 heterocycles. The quantitative estimate of drug-likeness (QED) is 0.163. The molecular formula is C9H14FN2O14P3S. The Hall–Kier alpha value is -0.680. The van der Waals surface area contributed by atoms with Crippen LogP contribution in [0.4, 0.5) is 4.39 Å². The molecule has 2 rings (SSSR count). The van der Waals surface area contributed by atoms with Gasteiger partial charge < -0.3 is 34.5 Å². The molecule has 0 saturated carbocycles. The average Bonchev–Trinajstić information content (AvgIpc) is 2.71. The maximum absolute atomic E-state index is 15.0. The van der Waals surface area contributed by atoms with Gasteiger partial charge in [-0.05, 0) is 12.2 Å². The number of phosphoric ester groups is 1. The third-order valence-corrected chi connectivity index (χ3v) is 7.25.